The molecule has 2 N–H and O–H groups in total. The van der Waals surface area contributed by atoms with Crippen molar-refractivity contribution in [2.24, 2.45) is 5.92 Å². The first-order valence-corrected chi connectivity index (χ1v) is 10.8. The summed E-state index contributed by atoms with van der Waals surface area (Å²) in [5.41, 5.74) is 0.331. The van der Waals surface area contributed by atoms with Crippen LogP contribution in [-0.4, -0.2) is 36.7 Å². The molecule has 152 valence electrons. The van der Waals surface area contributed by atoms with Gasteiger partial charge >= 0.3 is 0 Å². The number of rotatable bonds is 5. The van der Waals surface area contributed by atoms with Crippen molar-refractivity contribution in [3.63, 3.8) is 0 Å². The number of aromatic amines is 1. The first kappa shape index (κ1) is 19.4. The second kappa shape index (κ2) is 7.84. The number of H-pyrrole nitrogens is 1. The number of nitrogens with zero attached hydrogens (tertiary/aromatic N) is 1. The molecule has 3 aromatic rings. The van der Waals surface area contributed by atoms with E-state index in [4.69, 9.17) is 4.42 Å². The molecule has 3 heterocycles. The zero-order chi connectivity index (χ0) is 20.4. The van der Waals surface area contributed by atoms with Gasteiger partial charge in [-0.3, -0.25) is 9.59 Å². The van der Waals surface area contributed by atoms with E-state index in [1.54, 1.807) is 30.3 Å². The minimum atomic E-state index is -3.75. The van der Waals surface area contributed by atoms with Crippen LogP contribution in [0.2, 0.25) is 0 Å². The van der Waals surface area contributed by atoms with Gasteiger partial charge in [0.1, 0.15) is 5.76 Å². The molecular formula is C20H21N3O5S. The number of carbonyl (C=O) groups excluding carboxylic acids is 1. The molecule has 1 atom stereocenters. The Morgan fingerprint density at radius 3 is 2.90 bits per heavy atom. The quantitative estimate of drug-likeness (QED) is 0.660. The van der Waals surface area contributed by atoms with E-state index in [1.807, 2.05) is 0 Å². The van der Waals surface area contributed by atoms with E-state index in [0.717, 1.165) is 0 Å². The number of furan rings is 1. The molecule has 8 nitrogen and oxygen atoms in total. The molecule has 0 unspecified atom stereocenters. The summed E-state index contributed by atoms with van der Waals surface area (Å²) in [6, 6.07) is 11.1. The van der Waals surface area contributed by atoms with Crippen LogP contribution < -0.4 is 10.9 Å². The van der Waals surface area contributed by atoms with Crippen LogP contribution >= 0.6 is 0 Å². The van der Waals surface area contributed by atoms with E-state index >= 15 is 0 Å². The lowest BCUT2D eigenvalue weighted by atomic mass is 9.99. The lowest BCUT2D eigenvalue weighted by Gasteiger charge is -2.31. The van der Waals surface area contributed by atoms with Crippen LogP contribution in [0.1, 0.15) is 18.6 Å². The first-order chi connectivity index (χ1) is 13.9. The van der Waals surface area contributed by atoms with Crippen LogP contribution in [0.4, 0.5) is 0 Å². The van der Waals surface area contributed by atoms with Crippen LogP contribution in [-0.2, 0) is 21.4 Å². The predicted octanol–water partition coefficient (Wildman–Crippen LogP) is 1.84. The fourth-order valence-electron chi connectivity index (χ4n) is 3.55. The molecule has 1 saturated heterocycles. The number of piperidine rings is 1. The Balaban J connectivity index is 1.50. The Labute approximate surface area is 167 Å². The van der Waals surface area contributed by atoms with Crippen LogP contribution in [0.15, 0.2) is 62.8 Å². The number of pyridine rings is 1. The highest BCUT2D eigenvalue weighted by Crippen LogP contribution is 2.25. The zero-order valence-electron chi connectivity index (χ0n) is 15.6. The van der Waals surface area contributed by atoms with Crippen LogP contribution in [0.5, 0.6) is 0 Å². The minimum Gasteiger partial charge on any atom is -0.467 e. The number of carbonyl (C=O) groups is 1. The molecule has 1 fully saturated rings. The maximum absolute atomic E-state index is 13.1. The molecule has 4 rings (SSSR count). The topological polar surface area (TPSA) is 112 Å². The van der Waals surface area contributed by atoms with Crippen LogP contribution in [0.3, 0.4) is 0 Å². The van der Waals surface area contributed by atoms with E-state index in [-0.39, 0.29) is 29.5 Å². The summed E-state index contributed by atoms with van der Waals surface area (Å²) in [5.74, 6) is 0.0514. The number of hydrogen-bond donors (Lipinski definition) is 2. The van der Waals surface area contributed by atoms with Gasteiger partial charge in [-0.05, 0) is 54.6 Å². The van der Waals surface area contributed by atoms with Crippen molar-refractivity contribution in [3.05, 3.63) is 64.8 Å². The monoisotopic (exact) mass is 415 g/mol. The van der Waals surface area contributed by atoms with E-state index in [2.05, 4.69) is 10.3 Å². The van der Waals surface area contributed by atoms with Gasteiger partial charge < -0.3 is 14.7 Å². The number of amides is 1. The molecule has 0 spiro atoms. The smallest absolute Gasteiger partial charge is 0.248 e. The lowest BCUT2D eigenvalue weighted by molar-refractivity contribution is -0.126. The van der Waals surface area contributed by atoms with E-state index in [1.165, 1.54) is 22.7 Å². The highest BCUT2D eigenvalue weighted by molar-refractivity contribution is 7.89. The number of hydrogen-bond acceptors (Lipinski definition) is 5. The van der Waals surface area contributed by atoms with Gasteiger partial charge in [0.05, 0.1) is 23.6 Å². The molecular weight excluding hydrogens is 394 g/mol. The van der Waals surface area contributed by atoms with Gasteiger partial charge in [0, 0.05) is 24.7 Å². The lowest BCUT2D eigenvalue weighted by Crippen LogP contribution is -2.45. The number of aromatic nitrogens is 1. The van der Waals surface area contributed by atoms with E-state index < -0.39 is 15.9 Å². The zero-order valence-corrected chi connectivity index (χ0v) is 16.4. The van der Waals surface area contributed by atoms with Gasteiger partial charge in [-0.2, -0.15) is 4.31 Å². The summed E-state index contributed by atoms with van der Waals surface area (Å²) in [5, 5.41) is 3.44. The second-order valence-corrected chi connectivity index (χ2v) is 9.01. The maximum atomic E-state index is 13.1. The molecule has 1 amide bonds. The normalized spacial score (nSPS) is 18.0. The first-order valence-electron chi connectivity index (χ1n) is 9.37. The molecule has 0 bridgehead atoms. The van der Waals surface area contributed by atoms with E-state index in [9.17, 15) is 18.0 Å². The summed E-state index contributed by atoms with van der Waals surface area (Å²) in [7, 11) is -3.75. The SMILES string of the molecule is O=C(NCc1ccco1)[C@@H]1CCCN(S(=O)(=O)c2ccc3[nH]c(=O)ccc3c2)C1. The summed E-state index contributed by atoms with van der Waals surface area (Å²) in [6.07, 6.45) is 2.78. The van der Waals surface area contributed by atoms with Gasteiger partial charge in [0.2, 0.25) is 21.5 Å². The van der Waals surface area contributed by atoms with Gasteiger partial charge in [-0.15, -0.1) is 0 Å². The molecule has 1 aliphatic rings. The van der Waals surface area contributed by atoms with Gasteiger partial charge in [0.25, 0.3) is 0 Å². The molecule has 9 heteroatoms. The maximum Gasteiger partial charge on any atom is 0.248 e. The number of fused-ring (bicyclic) bond motifs is 1. The van der Waals surface area contributed by atoms with Gasteiger partial charge in [-0.1, -0.05) is 0 Å². The van der Waals surface area contributed by atoms with Gasteiger partial charge in [0.15, 0.2) is 0 Å². The number of benzene rings is 1. The molecule has 0 aliphatic carbocycles. The van der Waals surface area contributed by atoms with Crippen molar-refractivity contribution in [3.8, 4) is 0 Å². The fraction of sp³-hybridized carbons (Fsp3) is 0.300. The van der Waals surface area contributed by atoms with Gasteiger partial charge in [-0.25, -0.2) is 8.42 Å². The summed E-state index contributed by atoms with van der Waals surface area (Å²) in [6.45, 7) is 0.780. The molecule has 1 aromatic carbocycles. The van der Waals surface area contributed by atoms with Crippen LogP contribution in [0, 0.1) is 5.92 Å². The van der Waals surface area contributed by atoms with Crippen molar-refractivity contribution < 1.29 is 17.6 Å². The summed E-state index contributed by atoms with van der Waals surface area (Å²) < 4.78 is 32.8. The van der Waals surface area contributed by atoms with Crippen molar-refractivity contribution in [2.75, 3.05) is 13.1 Å². The third-order valence-electron chi connectivity index (χ3n) is 5.10. The Morgan fingerprint density at radius 2 is 2.10 bits per heavy atom. The molecule has 0 saturated carbocycles. The minimum absolute atomic E-state index is 0.135. The summed E-state index contributed by atoms with van der Waals surface area (Å²) in [4.78, 5) is 26.7. The third kappa shape index (κ3) is 4.10. The fourth-order valence-corrected chi connectivity index (χ4v) is 5.11. The highest BCUT2D eigenvalue weighted by atomic mass is 32.2. The highest BCUT2D eigenvalue weighted by Gasteiger charge is 2.33. The second-order valence-electron chi connectivity index (χ2n) is 7.07. The van der Waals surface area contributed by atoms with Crippen molar-refractivity contribution in [1.29, 1.82) is 0 Å². The Kier molecular flexibility index (Phi) is 5.25. The third-order valence-corrected chi connectivity index (χ3v) is 6.97. The van der Waals surface area contributed by atoms with Crippen molar-refractivity contribution in [1.82, 2.24) is 14.6 Å². The van der Waals surface area contributed by atoms with Crippen LogP contribution in [0.25, 0.3) is 10.9 Å². The number of sulfonamides is 1. The molecule has 2 aromatic heterocycles. The largest absolute Gasteiger partial charge is 0.467 e. The molecule has 0 radical (unpaired) electrons. The molecule has 29 heavy (non-hydrogen) atoms. The Hall–Kier alpha value is -2.91. The average Bonchev–Trinajstić information content (AvgIpc) is 3.25. The predicted molar refractivity (Wildman–Crippen MR) is 107 cm³/mol. The Morgan fingerprint density at radius 1 is 1.24 bits per heavy atom. The molecule has 1 aliphatic heterocycles. The Bertz CT molecular complexity index is 1180. The van der Waals surface area contributed by atoms with Crippen molar-refractivity contribution >= 4 is 26.8 Å². The summed E-state index contributed by atoms with van der Waals surface area (Å²) >= 11 is 0. The van der Waals surface area contributed by atoms with Crippen molar-refractivity contribution in [2.45, 2.75) is 24.3 Å². The van der Waals surface area contributed by atoms with E-state index in [0.29, 0.717) is 36.0 Å². The number of nitrogens with one attached hydrogen (secondary N) is 2. The average molecular weight is 415 g/mol. The standard InChI is InChI=1S/C20H21N3O5S/c24-19-8-5-14-11-17(6-7-18(14)22-19)29(26,27)23-9-1-3-15(13-23)20(25)21-12-16-4-2-10-28-16/h2,4-8,10-11,15H,1,3,9,12-13H2,(H,21,25)(H,22,24)/t15-/m1/s1.